The zero-order chi connectivity index (χ0) is 8.10. The molecule has 3 heteroatoms. The topological polar surface area (TPSA) is 32.3 Å². The number of rotatable bonds is 3. The van der Waals surface area contributed by atoms with Gasteiger partial charge in [0.15, 0.2) is 0 Å². The maximum absolute atomic E-state index is 11.1. The number of carbonyl (C=O) groups is 1. The molecule has 0 aliphatic carbocycles. The molecule has 0 aromatic carbocycles. The van der Waals surface area contributed by atoms with E-state index < -0.39 is 0 Å². The molecule has 0 saturated carbocycles. The Balaban J connectivity index is 2.29. The molecule has 0 bridgehead atoms. The Morgan fingerprint density at radius 1 is 1.73 bits per heavy atom. The van der Waals surface area contributed by atoms with E-state index in [1.54, 1.807) is 0 Å². The van der Waals surface area contributed by atoms with Gasteiger partial charge in [-0.25, -0.2) is 0 Å². The molecule has 1 aliphatic rings. The molecule has 1 amide bonds. The summed E-state index contributed by atoms with van der Waals surface area (Å²) in [6.45, 7) is 6.70. The molecule has 1 heterocycles. The molecular weight excluding hydrogens is 140 g/mol. The molecule has 0 aromatic rings. The van der Waals surface area contributed by atoms with Crippen LogP contribution >= 0.6 is 0 Å². The molecule has 62 valence electrons. The Kier molecular flexibility index (Phi) is 3.11. The second-order valence-corrected chi connectivity index (χ2v) is 2.63. The lowest BCUT2D eigenvalue weighted by Gasteiger charge is -2.26. The van der Waals surface area contributed by atoms with Gasteiger partial charge in [0.2, 0.25) is 5.91 Å². The van der Waals surface area contributed by atoms with Crippen molar-refractivity contribution in [1.29, 1.82) is 0 Å². The summed E-state index contributed by atoms with van der Waals surface area (Å²) in [6.07, 6.45) is 2.74. The van der Waals surface area contributed by atoms with Crippen molar-refractivity contribution in [3.05, 3.63) is 12.7 Å². The number of nitrogens with one attached hydrogen (secondary N) is 1. The van der Waals surface area contributed by atoms with Crippen LogP contribution in [0.3, 0.4) is 0 Å². The smallest absolute Gasteiger partial charge is 0.236 e. The molecule has 0 spiro atoms. The van der Waals surface area contributed by atoms with Crippen molar-refractivity contribution in [3.63, 3.8) is 0 Å². The lowest BCUT2D eigenvalue weighted by Crippen LogP contribution is -2.48. The lowest BCUT2D eigenvalue weighted by molar-refractivity contribution is -0.131. The van der Waals surface area contributed by atoms with Crippen LogP contribution in [0, 0.1) is 0 Å². The van der Waals surface area contributed by atoms with Crippen LogP contribution in [-0.2, 0) is 4.79 Å². The van der Waals surface area contributed by atoms with Gasteiger partial charge in [-0.3, -0.25) is 4.79 Å². The van der Waals surface area contributed by atoms with Crippen LogP contribution in [0.25, 0.3) is 0 Å². The average Bonchev–Trinajstić information content (AvgIpc) is 2.03. The number of hydrogen-bond donors (Lipinski definition) is 1. The molecule has 1 N–H and O–H groups in total. The van der Waals surface area contributed by atoms with Gasteiger partial charge in [-0.15, -0.1) is 6.58 Å². The summed E-state index contributed by atoms with van der Waals surface area (Å²) >= 11 is 0. The highest BCUT2D eigenvalue weighted by atomic mass is 16.2. The van der Waals surface area contributed by atoms with Crippen LogP contribution in [0.5, 0.6) is 0 Å². The maximum atomic E-state index is 11.1. The zero-order valence-corrected chi connectivity index (χ0v) is 6.68. The van der Waals surface area contributed by atoms with Gasteiger partial charge in [-0.1, -0.05) is 6.08 Å². The van der Waals surface area contributed by atoms with Crippen molar-refractivity contribution in [2.75, 3.05) is 26.2 Å². The summed E-state index contributed by atoms with van der Waals surface area (Å²) in [6, 6.07) is 0. The molecule has 0 radical (unpaired) electrons. The molecule has 0 atom stereocenters. The first-order valence-electron chi connectivity index (χ1n) is 3.94. The van der Waals surface area contributed by atoms with Gasteiger partial charge >= 0.3 is 0 Å². The Bertz CT molecular complexity index is 156. The average molecular weight is 154 g/mol. The highest BCUT2D eigenvalue weighted by molar-refractivity contribution is 5.78. The Labute approximate surface area is 67.1 Å². The monoisotopic (exact) mass is 154 g/mol. The van der Waals surface area contributed by atoms with Crippen molar-refractivity contribution in [2.24, 2.45) is 0 Å². The number of carbonyl (C=O) groups excluding carboxylic acids is 1. The first-order valence-corrected chi connectivity index (χ1v) is 3.94. The van der Waals surface area contributed by atoms with E-state index in [2.05, 4.69) is 11.9 Å². The van der Waals surface area contributed by atoms with E-state index >= 15 is 0 Å². The predicted octanol–water partition coefficient (Wildman–Crippen LogP) is -0.00570. The molecule has 11 heavy (non-hydrogen) atoms. The molecule has 0 unspecified atom stereocenters. The van der Waals surface area contributed by atoms with E-state index in [0.717, 1.165) is 26.1 Å². The molecular formula is C8H14N2O. The van der Waals surface area contributed by atoms with Crippen molar-refractivity contribution in [1.82, 2.24) is 10.2 Å². The molecule has 0 aromatic heterocycles. The summed E-state index contributed by atoms with van der Waals surface area (Å²) in [5.74, 6) is 0.207. The fraction of sp³-hybridized carbons (Fsp3) is 0.625. The number of nitrogens with zero attached hydrogens (tertiary/aromatic N) is 1. The van der Waals surface area contributed by atoms with Gasteiger partial charge in [0.1, 0.15) is 0 Å². The van der Waals surface area contributed by atoms with Crippen LogP contribution in [-0.4, -0.2) is 37.0 Å². The lowest BCUT2D eigenvalue weighted by atomic mass is 10.3. The minimum atomic E-state index is 0.207. The molecule has 3 nitrogen and oxygen atoms in total. The third-order valence-corrected chi connectivity index (χ3v) is 1.79. The van der Waals surface area contributed by atoms with E-state index in [4.69, 9.17) is 0 Å². The highest BCUT2D eigenvalue weighted by Crippen LogP contribution is 1.95. The van der Waals surface area contributed by atoms with Crippen LogP contribution in [0.15, 0.2) is 12.7 Å². The van der Waals surface area contributed by atoms with E-state index in [-0.39, 0.29) is 5.91 Å². The number of hydrogen-bond acceptors (Lipinski definition) is 2. The van der Waals surface area contributed by atoms with Gasteiger partial charge < -0.3 is 10.2 Å². The number of amides is 1. The van der Waals surface area contributed by atoms with Crippen molar-refractivity contribution < 1.29 is 4.79 Å². The van der Waals surface area contributed by atoms with Crippen molar-refractivity contribution in [3.8, 4) is 0 Å². The Morgan fingerprint density at radius 2 is 2.55 bits per heavy atom. The largest absolute Gasteiger partial charge is 0.340 e. The van der Waals surface area contributed by atoms with Crippen LogP contribution < -0.4 is 5.32 Å². The summed E-state index contributed by atoms with van der Waals surface area (Å²) in [5.41, 5.74) is 0. The standard InChI is InChI=1S/C8H14N2O/c1-2-3-5-10-6-4-9-7-8(10)11/h2,9H,1,3-7H2. The summed E-state index contributed by atoms with van der Waals surface area (Å²) < 4.78 is 0. The normalized spacial score (nSPS) is 18.5. The van der Waals surface area contributed by atoms with Crippen LogP contribution in [0.4, 0.5) is 0 Å². The van der Waals surface area contributed by atoms with E-state index in [1.807, 2.05) is 11.0 Å². The first kappa shape index (κ1) is 8.27. The number of piperazine rings is 1. The summed E-state index contributed by atoms with van der Waals surface area (Å²) in [7, 11) is 0. The maximum Gasteiger partial charge on any atom is 0.236 e. The van der Waals surface area contributed by atoms with E-state index in [9.17, 15) is 4.79 Å². The molecule has 1 rings (SSSR count). The van der Waals surface area contributed by atoms with E-state index in [0.29, 0.717) is 6.54 Å². The van der Waals surface area contributed by atoms with Gasteiger partial charge in [-0.2, -0.15) is 0 Å². The van der Waals surface area contributed by atoms with Gasteiger partial charge in [0.05, 0.1) is 6.54 Å². The second-order valence-electron chi connectivity index (χ2n) is 2.63. The van der Waals surface area contributed by atoms with Crippen LogP contribution in [0.2, 0.25) is 0 Å². The van der Waals surface area contributed by atoms with Crippen molar-refractivity contribution in [2.45, 2.75) is 6.42 Å². The Morgan fingerprint density at radius 3 is 3.18 bits per heavy atom. The Hall–Kier alpha value is -0.830. The second kappa shape index (κ2) is 4.13. The molecule has 1 aliphatic heterocycles. The third-order valence-electron chi connectivity index (χ3n) is 1.79. The third kappa shape index (κ3) is 2.35. The molecule has 1 fully saturated rings. The summed E-state index contributed by atoms with van der Waals surface area (Å²) in [4.78, 5) is 13.0. The minimum absolute atomic E-state index is 0.207. The van der Waals surface area contributed by atoms with Gasteiger partial charge in [-0.05, 0) is 6.42 Å². The first-order chi connectivity index (χ1) is 5.34. The highest BCUT2D eigenvalue weighted by Gasteiger charge is 2.15. The molecule has 1 saturated heterocycles. The zero-order valence-electron chi connectivity index (χ0n) is 6.68. The predicted molar refractivity (Wildman–Crippen MR) is 44.3 cm³/mol. The SMILES string of the molecule is C=CCCN1CCNCC1=O. The van der Waals surface area contributed by atoms with Crippen molar-refractivity contribution >= 4 is 5.91 Å². The fourth-order valence-corrected chi connectivity index (χ4v) is 1.13. The fourth-order valence-electron chi connectivity index (χ4n) is 1.13. The quantitative estimate of drug-likeness (QED) is 0.580. The van der Waals surface area contributed by atoms with Gasteiger partial charge in [0.25, 0.3) is 0 Å². The summed E-state index contributed by atoms with van der Waals surface area (Å²) in [5, 5.41) is 3.02. The van der Waals surface area contributed by atoms with E-state index in [1.165, 1.54) is 0 Å². The van der Waals surface area contributed by atoms with Crippen LogP contribution in [0.1, 0.15) is 6.42 Å². The van der Waals surface area contributed by atoms with Gasteiger partial charge in [0, 0.05) is 19.6 Å². The minimum Gasteiger partial charge on any atom is -0.340 e.